The molecule has 3 unspecified atom stereocenters. The number of amides is 2. The van der Waals surface area contributed by atoms with Crippen molar-refractivity contribution in [1.29, 1.82) is 0 Å². The first-order chi connectivity index (χ1) is 33.5. The summed E-state index contributed by atoms with van der Waals surface area (Å²) in [4.78, 5) is 54.3. The number of likely N-dealkylation sites (tertiary alicyclic amines) is 2. The first-order valence-corrected chi connectivity index (χ1v) is 23.7. The topological polar surface area (TPSA) is 283 Å². The maximum atomic E-state index is 12.1. The number of methoxy groups -OCH3 is 2. The Kier molecular flexibility index (Phi) is 33.8. The van der Waals surface area contributed by atoms with Crippen LogP contribution in [0.4, 0.5) is 26.7 Å². The minimum absolute atomic E-state index is 0. The molecule has 22 nitrogen and oxygen atoms in total. The molecular formula is C48H70N6O16S. The van der Waals surface area contributed by atoms with Gasteiger partial charge in [0.1, 0.15) is 0 Å². The number of aliphatic hydroxyl groups excluding tert-OH is 1. The van der Waals surface area contributed by atoms with Crippen molar-refractivity contribution in [2.24, 2.45) is 0 Å². The number of non-ortho nitro benzene ring substituents is 3. The smallest absolute Gasteiger partial charge is 0.409 e. The number of nitrogens with zero attached hydrogens (tertiary/aromatic N) is 5. The lowest BCUT2D eigenvalue weighted by Crippen LogP contribution is -2.30. The van der Waals surface area contributed by atoms with Gasteiger partial charge in [0.05, 0.1) is 65.3 Å². The van der Waals surface area contributed by atoms with Crippen LogP contribution in [0.5, 0.6) is 0 Å². The van der Waals surface area contributed by atoms with E-state index in [1.807, 2.05) is 20.8 Å². The molecule has 7 rings (SSSR count). The molecule has 0 spiro atoms. The van der Waals surface area contributed by atoms with Gasteiger partial charge < -0.3 is 39.2 Å². The van der Waals surface area contributed by atoms with E-state index < -0.39 is 37.1 Å². The van der Waals surface area contributed by atoms with E-state index in [0.29, 0.717) is 32.2 Å². The first-order valence-electron chi connectivity index (χ1n) is 22.2. The fourth-order valence-electron chi connectivity index (χ4n) is 6.09. The Morgan fingerprint density at radius 2 is 1.00 bits per heavy atom. The van der Waals surface area contributed by atoms with Crippen molar-refractivity contribution in [3.8, 4) is 0 Å². The third kappa shape index (κ3) is 27.4. The number of carbonyl (C=O) groups excluding carboxylic acids is 2. The highest BCUT2D eigenvalue weighted by atomic mass is 32.2. The second-order valence-corrected chi connectivity index (χ2v) is 16.2. The number of carbonyl (C=O) groups is 2. The largest absolute Gasteiger partial charge is 0.453 e. The third-order valence-corrected chi connectivity index (χ3v) is 10.8. The second kappa shape index (κ2) is 37.2. The monoisotopic (exact) mass is 1020 g/mol. The zero-order chi connectivity index (χ0) is 52.3. The van der Waals surface area contributed by atoms with Crippen LogP contribution in [0.3, 0.4) is 0 Å². The zero-order valence-electron chi connectivity index (χ0n) is 40.4. The van der Waals surface area contributed by atoms with Crippen LogP contribution in [-0.4, -0.2) is 142 Å². The number of para-hydroxylation sites is 3. The number of aliphatic hydroxyl groups is 1. The Morgan fingerprint density at radius 1 is 0.634 bits per heavy atom. The summed E-state index contributed by atoms with van der Waals surface area (Å²) < 4.78 is 49.3. The molecule has 0 radical (unpaired) electrons. The molecule has 3 heterocycles. The Morgan fingerprint density at radius 3 is 1.32 bits per heavy atom. The van der Waals surface area contributed by atoms with Crippen molar-refractivity contribution >= 4 is 39.4 Å². The molecule has 2 N–H and O–H groups in total. The molecule has 3 atom stereocenters. The van der Waals surface area contributed by atoms with Gasteiger partial charge in [-0.2, -0.15) is 8.42 Å². The summed E-state index contributed by atoms with van der Waals surface area (Å²) in [5.74, 6) is 0. The number of nitro benzene ring substituents is 3. The van der Waals surface area contributed by atoms with Crippen molar-refractivity contribution in [3.05, 3.63) is 151 Å². The summed E-state index contributed by atoms with van der Waals surface area (Å²) in [5, 5.41) is 40.8. The number of benzene rings is 4. The summed E-state index contributed by atoms with van der Waals surface area (Å²) in [6.07, 6.45) is 2.03. The van der Waals surface area contributed by atoms with Gasteiger partial charge in [-0.1, -0.05) is 79.7 Å². The van der Waals surface area contributed by atoms with Crippen LogP contribution in [0.15, 0.2) is 120 Å². The summed E-state index contributed by atoms with van der Waals surface area (Å²) in [5.41, 5.74) is 1.38. The molecular weight excluding hydrogens is 949 g/mol. The maximum Gasteiger partial charge on any atom is 0.409 e. The molecule has 394 valence electrons. The van der Waals surface area contributed by atoms with Gasteiger partial charge in [0, 0.05) is 75.9 Å². The number of hydrogen-bond acceptors (Lipinski definition) is 17. The fraction of sp³-hybridized carbons (Fsp3) is 0.458. The van der Waals surface area contributed by atoms with Crippen molar-refractivity contribution in [3.63, 3.8) is 0 Å². The molecule has 23 heteroatoms. The van der Waals surface area contributed by atoms with Crippen molar-refractivity contribution in [2.45, 2.75) is 77.6 Å². The van der Waals surface area contributed by atoms with Gasteiger partial charge in [0.15, 0.2) is 0 Å². The van der Waals surface area contributed by atoms with Gasteiger partial charge >= 0.3 is 12.2 Å². The number of nitrogens with one attached hydrogen (secondary N) is 1. The summed E-state index contributed by atoms with van der Waals surface area (Å²) >= 11 is 0. The Balaban J connectivity index is 0.000000845. The average molecular weight is 1020 g/mol. The van der Waals surface area contributed by atoms with Crippen LogP contribution in [0, 0.1) is 37.3 Å². The highest BCUT2D eigenvalue weighted by Crippen LogP contribution is 2.21. The number of nitro groups is 3. The number of rotatable bonds is 10. The maximum absolute atomic E-state index is 12.1. The van der Waals surface area contributed by atoms with E-state index in [1.165, 1.54) is 74.1 Å². The number of ether oxygens (including phenoxy) is 4. The lowest BCUT2D eigenvalue weighted by molar-refractivity contribution is -0.385. The van der Waals surface area contributed by atoms with Crippen molar-refractivity contribution < 1.29 is 61.0 Å². The van der Waals surface area contributed by atoms with E-state index >= 15 is 0 Å². The molecule has 3 fully saturated rings. The highest BCUT2D eigenvalue weighted by molar-refractivity contribution is 7.86. The van der Waals surface area contributed by atoms with E-state index in [1.54, 1.807) is 78.6 Å². The Bertz CT molecular complexity index is 2070. The van der Waals surface area contributed by atoms with Crippen LogP contribution < -0.4 is 5.32 Å². The predicted octanol–water partition coefficient (Wildman–Crippen LogP) is 8.21. The van der Waals surface area contributed by atoms with Gasteiger partial charge in [-0.15, -0.1) is 0 Å². The molecule has 3 aliphatic heterocycles. The van der Waals surface area contributed by atoms with Crippen molar-refractivity contribution in [1.82, 2.24) is 15.1 Å². The van der Waals surface area contributed by atoms with E-state index in [-0.39, 0.29) is 54.7 Å². The van der Waals surface area contributed by atoms with Crippen LogP contribution in [0.25, 0.3) is 0 Å². The predicted molar refractivity (Wildman–Crippen MR) is 268 cm³/mol. The number of aryl methyl sites for hydroxylation is 1. The van der Waals surface area contributed by atoms with Crippen LogP contribution in [-0.2, 0) is 33.2 Å². The normalized spacial score (nSPS) is 16.1. The van der Waals surface area contributed by atoms with Crippen LogP contribution in [0.1, 0.15) is 53.0 Å². The molecule has 0 aromatic heterocycles. The van der Waals surface area contributed by atoms with E-state index in [2.05, 4.69) is 14.8 Å². The second-order valence-electron chi connectivity index (χ2n) is 14.6. The molecule has 4 aromatic carbocycles. The first kappa shape index (κ1) is 64.4. The lowest BCUT2D eigenvalue weighted by Gasteiger charge is -2.15. The highest BCUT2D eigenvalue weighted by Gasteiger charge is 2.32. The lowest BCUT2D eigenvalue weighted by atomic mass is 10.2. The molecule has 3 aliphatic rings. The standard InChI is InChI=1S/C13H17NO5S.C8H15NO3.3C6H5NO2.C6H13NO.C2H6O.CH4/c1-10-3-5-12(6-4-10)20(16,17)19-11-7-8-14(9-11)13(15)18-2;1-3-12-7-4-5-9(6-7)8(10)11-2;3*8-7(9)6-4-2-1-3-5-6;1-2-8-6-3-4-7-5-6;1-2-3;/h3-6,11H,7-9H2,1-2H3;7H,3-6H2,1-2H3;3*1-5H;6-7H,2-5H2,1H3;3H,2H2,1H3;1H4. The quantitative estimate of drug-likeness (QED) is 0.0859. The van der Waals surface area contributed by atoms with Crippen LogP contribution >= 0.6 is 0 Å². The summed E-state index contributed by atoms with van der Waals surface area (Å²) in [6.45, 7) is 13.6. The Labute approximate surface area is 416 Å². The fourth-order valence-corrected chi connectivity index (χ4v) is 7.19. The molecule has 71 heavy (non-hydrogen) atoms. The number of hydrogen-bond donors (Lipinski definition) is 2. The Hall–Kier alpha value is -6.63. The van der Waals surface area contributed by atoms with E-state index in [9.17, 15) is 48.3 Å². The minimum Gasteiger partial charge on any atom is -0.453 e. The SMILES string of the molecule is C.CCO.CCOC1CCN(C(=O)OC)C1.CCOC1CCNC1.COC(=O)N1CCC(OS(=O)(=O)c2ccc(C)cc2)C1.O=[N+]([O-])c1ccccc1.O=[N+]([O-])c1ccccc1.O=[N+]([O-])c1ccccc1. The molecule has 0 saturated carbocycles. The van der Waals surface area contributed by atoms with Gasteiger partial charge in [-0.25, -0.2) is 9.59 Å². The van der Waals surface area contributed by atoms with E-state index in [4.69, 9.17) is 18.8 Å². The molecule has 4 aromatic rings. The molecule has 2 amide bonds. The average Bonchev–Trinajstić information content (AvgIpc) is 4.18. The van der Waals surface area contributed by atoms with Crippen molar-refractivity contribution in [2.75, 3.05) is 73.3 Å². The zero-order valence-corrected chi connectivity index (χ0v) is 41.2. The van der Waals surface area contributed by atoms with Gasteiger partial charge in [0.25, 0.3) is 27.2 Å². The summed E-state index contributed by atoms with van der Waals surface area (Å²) in [6, 6.07) is 30.3. The van der Waals surface area contributed by atoms with Crippen LogP contribution in [0.2, 0.25) is 0 Å². The third-order valence-electron chi connectivity index (χ3n) is 9.45. The van der Waals surface area contributed by atoms with Gasteiger partial charge in [-0.05, 0) is 65.6 Å². The van der Waals surface area contributed by atoms with Gasteiger partial charge in [-0.3, -0.25) is 34.5 Å². The summed E-state index contributed by atoms with van der Waals surface area (Å²) in [7, 11) is -1.10. The van der Waals surface area contributed by atoms with E-state index in [0.717, 1.165) is 38.2 Å². The minimum atomic E-state index is -3.80. The molecule has 3 saturated heterocycles. The molecule has 0 bridgehead atoms. The molecule has 0 aliphatic carbocycles. The van der Waals surface area contributed by atoms with Gasteiger partial charge in [0.2, 0.25) is 0 Å².